The highest BCUT2D eigenvalue weighted by Gasteiger charge is 2.17. The number of hydrogen-bond acceptors (Lipinski definition) is 4. The summed E-state index contributed by atoms with van der Waals surface area (Å²) >= 11 is 1.69. The van der Waals surface area contributed by atoms with Crippen molar-refractivity contribution >= 4 is 41.3 Å². The lowest BCUT2D eigenvalue weighted by atomic mass is 10.0. The predicted molar refractivity (Wildman–Crippen MR) is 110 cm³/mol. The number of likely N-dealkylation sites (tertiary alicyclic amines) is 1. The van der Waals surface area contributed by atoms with E-state index in [4.69, 9.17) is 0 Å². The second kappa shape index (κ2) is 11.2. The van der Waals surface area contributed by atoms with Crippen LogP contribution in [0, 0.1) is 6.92 Å². The van der Waals surface area contributed by atoms with E-state index >= 15 is 0 Å². The summed E-state index contributed by atoms with van der Waals surface area (Å²) in [6.07, 6.45) is 5.26. The molecule has 23 heavy (non-hydrogen) atoms. The molecule has 5 nitrogen and oxygen atoms in total. The van der Waals surface area contributed by atoms with Crippen molar-refractivity contribution in [3.63, 3.8) is 0 Å². The van der Waals surface area contributed by atoms with Crippen LogP contribution in [0.4, 0.5) is 0 Å². The number of aryl methyl sites for hydroxylation is 1. The van der Waals surface area contributed by atoms with Gasteiger partial charge in [0.25, 0.3) is 0 Å². The molecule has 1 unspecified atom stereocenters. The standard InChI is InChI=1S/C16H29N5S.HI/c1-13-7-4-5-9-21(13)10-6-8-18-16(17-3)19-11-15-14(2)20-12-22-15;/h12-13H,4-11H2,1-3H3,(H2,17,18,19);1H. The summed E-state index contributed by atoms with van der Waals surface area (Å²) in [4.78, 5) is 12.4. The van der Waals surface area contributed by atoms with Crippen molar-refractivity contribution in [1.29, 1.82) is 0 Å². The lowest BCUT2D eigenvalue weighted by Gasteiger charge is -2.33. The van der Waals surface area contributed by atoms with Crippen LogP contribution in [0.5, 0.6) is 0 Å². The van der Waals surface area contributed by atoms with Crippen LogP contribution in [0.2, 0.25) is 0 Å². The average Bonchev–Trinajstić information content (AvgIpc) is 2.93. The van der Waals surface area contributed by atoms with Crippen LogP contribution in [-0.2, 0) is 6.54 Å². The van der Waals surface area contributed by atoms with Crippen molar-refractivity contribution in [3.8, 4) is 0 Å². The number of aliphatic imine (C=N–C) groups is 1. The fourth-order valence-electron chi connectivity index (χ4n) is 2.86. The molecule has 0 aliphatic carbocycles. The summed E-state index contributed by atoms with van der Waals surface area (Å²) in [6.45, 7) is 8.59. The lowest BCUT2D eigenvalue weighted by Crippen LogP contribution is -2.41. The molecule has 0 bridgehead atoms. The third-order valence-electron chi connectivity index (χ3n) is 4.34. The highest BCUT2D eigenvalue weighted by atomic mass is 127. The minimum absolute atomic E-state index is 0. The maximum absolute atomic E-state index is 4.28. The number of halogens is 1. The van der Waals surface area contributed by atoms with Gasteiger partial charge in [0, 0.05) is 31.1 Å². The Balaban J connectivity index is 0.00000264. The van der Waals surface area contributed by atoms with Gasteiger partial charge >= 0.3 is 0 Å². The third-order valence-corrected chi connectivity index (χ3v) is 5.28. The summed E-state index contributed by atoms with van der Waals surface area (Å²) in [5, 5.41) is 6.76. The Morgan fingerprint density at radius 1 is 1.43 bits per heavy atom. The molecule has 2 heterocycles. The van der Waals surface area contributed by atoms with Crippen molar-refractivity contribution in [2.75, 3.05) is 26.7 Å². The van der Waals surface area contributed by atoms with E-state index in [0.717, 1.165) is 37.2 Å². The molecule has 0 aromatic carbocycles. The number of nitrogens with one attached hydrogen (secondary N) is 2. The Hall–Kier alpha value is -0.410. The van der Waals surface area contributed by atoms with E-state index in [2.05, 4.69) is 32.4 Å². The second-order valence-electron chi connectivity index (χ2n) is 5.95. The molecule has 7 heteroatoms. The number of guanidine groups is 1. The highest BCUT2D eigenvalue weighted by Crippen LogP contribution is 2.16. The first kappa shape index (κ1) is 20.6. The van der Waals surface area contributed by atoms with E-state index in [1.807, 2.05) is 19.5 Å². The Kier molecular flexibility index (Phi) is 10.0. The van der Waals surface area contributed by atoms with Gasteiger partial charge in [0.2, 0.25) is 0 Å². The van der Waals surface area contributed by atoms with Crippen molar-refractivity contribution in [2.45, 2.75) is 52.1 Å². The molecule has 1 saturated heterocycles. The zero-order valence-corrected chi connectivity index (χ0v) is 17.6. The number of aromatic nitrogens is 1. The minimum Gasteiger partial charge on any atom is -0.356 e. The molecule has 2 rings (SSSR count). The molecule has 2 N–H and O–H groups in total. The third kappa shape index (κ3) is 6.93. The van der Waals surface area contributed by atoms with E-state index < -0.39 is 0 Å². The molecule has 1 atom stereocenters. The summed E-state index contributed by atoms with van der Waals surface area (Å²) in [7, 11) is 1.82. The number of nitrogens with zero attached hydrogens (tertiary/aromatic N) is 3. The molecule has 0 amide bonds. The Morgan fingerprint density at radius 3 is 2.91 bits per heavy atom. The van der Waals surface area contributed by atoms with Crippen LogP contribution in [0.25, 0.3) is 0 Å². The predicted octanol–water partition coefficient (Wildman–Crippen LogP) is 3.00. The van der Waals surface area contributed by atoms with E-state index in [0.29, 0.717) is 0 Å². The van der Waals surface area contributed by atoms with Crippen molar-refractivity contribution in [3.05, 3.63) is 16.1 Å². The molecule has 1 fully saturated rings. The second-order valence-corrected chi connectivity index (χ2v) is 6.89. The van der Waals surface area contributed by atoms with Gasteiger partial charge in [-0.1, -0.05) is 6.42 Å². The fourth-order valence-corrected chi connectivity index (χ4v) is 3.58. The van der Waals surface area contributed by atoms with Gasteiger partial charge in [-0.2, -0.15) is 0 Å². The zero-order chi connectivity index (χ0) is 15.8. The van der Waals surface area contributed by atoms with Gasteiger partial charge in [-0.05, 0) is 39.7 Å². The summed E-state index contributed by atoms with van der Waals surface area (Å²) < 4.78 is 0. The molecule has 1 aromatic heterocycles. The minimum atomic E-state index is 0. The molecule has 0 spiro atoms. The van der Waals surface area contributed by atoms with E-state index in [1.54, 1.807) is 11.3 Å². The number of thiazole rings is 1. The molecular weight excluding hydrogens is 421 g/mol. The first-order chi connectivity index (χ1) is 10.7. The van der Waals surface area contributed by atoms with Crippen LogP contribution in [0.1, 0.15) is 43.2 Å². The molecule has 0 radical (unpaired) electrons. The number of piperidine rings is 1. The van der Waals surface area contributed by atoms with E-state index in [9.17, 15) is 0 Å². The summed E-state index contributed by atoms with van der Waals surface area (Å²) in [6, 6.07) is 0.750. The Morgan fingerprint density at radius 2 is 2.26 bits per heavy atom. The average molecular weight is 451 g/mol. The normalized spacial score (nSPS) is 19.3. The maximum Gasteiger partial charge on any atom is 0.191 e. The molecule has 0 saturated carbocycles. The van der Waals surface area contributed by atoms with Gasteiger partial charge in [-0.15, -0.1) is 35.3 Å². The van der Waals surface area contributed by atoms with E-state index in [-0.39, 0.29) is 24.0 Å². The van der Waals surface area contributed by atoms with Crippen molar-refractivity contribution < 1.29 is 0 Å². The molecule has 1 aliphatic heterocycles. The highest BCUT2D eigenvalue weighted by molar-refractivity contribution is 14.0. The quantitative estimate of drug-likeness (QED) is 0.302. The van der Waals surface area contributed by atoms with Crippen molar-refractivity contribution in [2.24, 2.45) is 4.99 Å². The van der Waals surface area contributed by atoms with Gasteiger partial charge in [-0.3, -0.25) is 4.99 Å². The fraction of sp³-hybridized carbons (Fsp3) is 0.750. The molecule has 1 aromatic rings. The van der Waals surface area contributed by atoms with Crippen LogP contribution >= 0.6 is 35.3 Å². The van der Waals surface area contributed by atoms with Gasteiger partial charge in [-0.25, -0.2) is 4.98 Å². The summed E-state index contributed by atoms with van der Waals surface area (Å²) in [5.41, 5.74) is 2.99. The molecule has 1 aliphatic rings. The van der Waals surface area contributed by atoms with Crippen LogP contribution in [-0.4, -0.2) is 48.6 Å². The topological polar surface area (TPSA) is 52.6 Å². The van der Waals surface area contributed by atoms with Crippen LogP contribution < -0.4 is 10.6 Å². The smallest absolute Gasteiger partial charge is 0.191 e. The van der Waals surface area contributed by atoms with Gasteiger partial charge in [0.1, 0.15) is 0 Å². The van der Waals surface area contributed by atoms with Gasteiger partial charge in [0.05, 0.1) is 17.7 Å². The molecule has 132 valence electrons. The SMILES string of the molecule is CN=C(NCCCN1CCCCC1C)NCc1scnc1C.I. The van der Waals surface area contributed by atoms with Gasteiger partial charge in [0.15, 0.2) is 5.96 Å². The van der Waals surface area contributed by atoms with E-state index in [1.165, 1.54) is 37.2 Å². The first-order valence-electron chi connectivity index (χ1n) is 8.28. The maximum atomic E-state index is 4.28. The number of hydrogen-bond donors (Lipinski definition) is 2. The summed E-state index contributed by atoms with van der Waals surface area (Å²) in [5.74, 6) is 0.875. The first-order valence-corrected chi connectivity index (χ1v) is 9.16. The Labute approximate surface area is 161 Å². The largest absolute Gasteiger partial charge is 0.356 e. The molecular formula is C16H30IN5S. The van der Waals surface area contributed by atoms with Gasteiger partial charge < -0.3 is 15.5 Å². The van der Waals surface area contributed by atoms with Crippen molar-refractivity contribution in [1.82, 2.24) is 20.5 Å². The lowest BCUT2D eigenvalue weighted by molar-refractivity contribution is 0.159. The number of rotatable bonds is 6. The van der Waals surface area contributed by atoms with Crippen LogP contribution in [0.15, 0.2) is 10.5 Å². The zero-order valence-electron chi connectivity index (χ0n) is 14.5. The Bertz CT molecular complexity index is 477. The van der Waals surface area contributed by atoms with Crippen LogP contribution in [0.3, 0.4) is 0 Å². The monoisotopic (exact) mass is 451 g/mol.